The van der Waals surface area contributed by atoms with Crippen molar-refractivity contribution in [2.24, 2.45) is 5.92 Å². The Bertz CT molecular complexity index is 1000. The van der Waals surface area contributed by atoms with Crippen molar-refractivity contribution in [1.82, 2.24) is 9.62 Å². The van der Waals surface area contributed by atoms with Crippen molar-refractivity contribution in [2.75, 3.05) is 33.9 Å². The lowest BCUT2D eigenvalue weighted by atomic mass is 9.97. The highest BCUT2D eigenvalue weighted by atomic mass is 79.9. The Morgan fingerprint density at radius 1 is 1.06 bits per heavy atom. The fraction of sp³-hybridized carbons (Fsp3) is 0.409. The van der Waals surface area contributed by atoms with Crippen molar-refractivity contribution in [3.05, 3.63) is 52.5 Å². The number of methoxy groups -OCH3 is 2. The molecule has 0 bridgehead atoms. The lowest BCUT2D eigenvalue weighted by Gasteiger charge is -2.30. The molecule has 1 fully saturated rings. The highest BCUT2D eigenvalue weighted by molar-refractivity contribution is 9.10. The second-order valence-corrected chi connectivity index (χ2v) is 10.2. The topological polar surface area (TPSA) is 84.9 Å². The van der Waals surface area contributed by atoms with E-state index in [2.05, 4.69) is 21.2 Å². The molecular formula is C22H27BrN2O5S. The molecule has 3 rings (SSSR count). The fourth-order valence-corrected chi connectivity index (χ4v) is 5.36. The van der Waals surface area contributed by atoms with Crippen molar-refractivity contribution < 1.29 is 22.7 Å². The summed E-state index contributed by atoms with van der Waals surface area (Å²) in [5.74, 6) is 1.12. The average molecular weight is 511 g/mol. The van der Waals surface area contributed by atoms with Gasteiger partial charge in [-0.05, 0) is 61.2 Å². The van der Waals surface area contributed by atoms with Crippen molar-refractivity contribution in [2.45, 2.75) is 24.2 Å². The monoisotopic (exact) mass is 510 g/mol. The number of benzene rings is 2. The summed E-state index contributed by atoms with van der Waals surface area (Å²) in [7, 11) is -0.354. The quantitative estimate of drug-likeness (QED) is 0.589. The number of halogens is 1. The first-order valence-corrected chi connectivity index (χ1v) is 12.3. The Kier molecular flexibility index (Phi) is 7.96. The summed E-state index contributed by atoms with van der Waals surface area (Å²) >= 11 is 3.32. The zero-order valence-corrected chi connectivity index (χ0v) is 20.0. The van der Waals surface area contributed by atoms with E-state index in [1.54, 1.807) is 38.5 Å². The van der Waals surface area contributed by atoms with E-state index in [-0.39, 0.29) is 16.7 Å². The van der Waals surface area contributed by atoms with Crippen molar-refractivity contribution in [3.8, 4) is 11.5 Å². The predicted molar refractivity (Wildman–Crippen MR) is 122 cm³/mol. The van der Waals surface area contributed by atoms with Gasteiger partial charge in [0.2, 0.25) is 15.9 Å². The van der Waals surface area contributed by atoms with Crippen molar-refractivity contribution in [3.63, 3.8) is 0 Å². The molecule has 1 N–H and O–H groups in total. The van der Waals surface area contributed by atoms with E-state index >= 15 is 0 Å². The van der Waals surface area contributed by atoms with Crippen LogP contribution in [0.1, 0.15) is 18.4 Å². The third-order valence-electron chi connectivity index (χ3n) is 5.44. The van der Waals surface area contributed by atoms with Gasteiger partial charge in [-0.15, -0.1) is 0 Å². The van der Waals surface area contributed by atoms with Crippen LogP contribution in [0.3, 0.4) is 0 Å². The molecule has 1 amide bonds. The molecule has 0 aromatic heterocycles. The standard InChI is InChI=1S/C22H27BrN2O5S/c1-29-20-8-3-16(15-21(20)30-2)9-12-24-22(26)17-10-13-25(14-11-17)31(27,28)19-6-4-18(23)5-7-19/h3-8,15,17H,9-14H2,1-2H3,(H,24,26). The Balaban J connectivity index is 1.48. The summed E-state index contributed by atoms with van der Waals surface area (Å²) in [5, 5.41) is 2.97. The van der Waals surface area contributed by atoms with Crippen LogP contribution in [-0.4, -0.2) is 52.5 Å². The molecular weight excluding hydrogens is 484 g/mol. The molecule has 0 unspecified atom stereocenters. The molecule has 9 heteroatoms. The van der Waals surface area contributed by atoms with Crippen LogP contribution in [-0.2, 0) is 21.2 Å². The van der Waals surface area contributed by atoms with Gasteiger partial charge in [-0.1, -0.05) is 22.0 Å². The average Bonchev–Trinajstić information content (AvgIpc) is 2.79. The lowest BCUT2D eigenvalue weighted by Crippen LogP contribution is -2.43. The van der Waals surface area contributed by atoms with E-state index in [0.29, 0.717) is 50.4 Å². The third-order valence-corrected chi connectivity index (χ3v) is 7.88. The Hall–Kier alpha value is -2.10. The molecule has 2 aromatic rings. The smallest absolute Gasteiger partial charge is 0.243 e. The Labute approximate surface area is 191 Å². The SMILES string of the molecule is COc1ccc(CCNC(=O)C2CCN(S(=O)(=O)c3ccc(Br)cc3)CC2)cc1OC. The number of carbonyl (C=O) groups is 1. The minimum Gasteiger partial charge on any atom is -0.493 e. The molecule has 168 valence electrons. The van der Waals surface area contributed by atoms with E-state index in [9.17, 15) is 13.2 Å². The second-order valence-electron chi connectivity index (χ2n) is 7.36. The number of amides is 1. The molecule has 0 spiro atoms. The van der Waals surface area contributed by atoms with E-state index in [1.165, 1.54) is 4.31 Å². The van der Waals surface area contributed by atoms with Crippen LogP contribution in [0, 0.1) is 5.92 Å². The van der Waals surface area contributed by atoms with Gasteiger partial charge < -0.3 is 14.8 Å². The first-order chi connectivity index (χ1) is 14.8. The largest absolute Gasteiger partial charge is 0.493 e. The summed E-state index contributed by atoms with van der Waals surface area (Å²) < 4.78 is 38.4. The highest BCUT2D eigenvalue weighted by Crippen LogP contribution is 2.28. The van der Waals surface area contributed by atoms with Gasteiger partial charge in [0.25, 0.3) is 0 Å². The molecule has 0 radical (unpaired) electrons. The fourth-order valence-electron chi connectivity index (χ4n) is 3.62. The van der Waals surface area contributed by atoms with E-state index in [0.717, 1.165) is 10.0 Å². The van der Waals surface area contributed by atoms with Gasteiger partial charge in [-0.25, -0.2) is 8.42 Å². The number of hydrogen-bond acceptors (Lipinski definition) is 5. The van der Waals surface area contributed by atoms with E-state index < -0.39 is 10.0 Å². The third kappa shape index (κ3) is 5.78. The maximum Gasteiger partial charge on any atom is 0.243 e. The van der Waals surface area contributed by atoms with Gasteiger partial charge >= 0.3 is 0 Å². The number of piperidine rings is 1. The summed E-state index contributed by atoms with van der Waals surface area (Å²) in [4.78, 5) is 12.8. The van der Waals surface area contributed by atoms with Gasteiger partial charge in [0.15, 0.2) is 11.5 Å². The minimum absolute atomic E-state index is 0.0267. The van der Waals surface area contributed by atoms with E-state index in [1.807, 2.05) is 18.2 Å². The van der Waals surface area contributed by atoms with Gasteiger partial charge in [-0.3, -0.25) is 4.79 Å². The summed E-state index contributed by atoms with van der Waals surface area (Å²) in [5.41, 5.74) is 1.04. The van der Waals surface area contributed by atoms with Crippen LogP contribution in [0.15, 0.2) is 51.8 Å². The molecule has 0 saturated carbocycles. The first-order valence-electron chi connectivity index (χ1n) is 10.1. The number of hydrogen-bond donors (Lipinski definition) is 1. The molecule has 0 aliphatic carbocycles. The van der Waals surface area contributed by atoms with Crippen molar-refractivity contribution >= 4 is 31.9 Å². The zero-order chi connectivity index (χ0) is 22.4. The summed E-state index contributed by atoms with van der Waals surface area (Å²) in [6, 6.07) is 12.3. The molecule has 2 aromatic carbocycles. The van der Waals surface area contributed by atoms with Crippen LogP contribution >= 0.6 is 15.9 Å². The minimum atomic E-state index is -3.53. The number of rotatable bonds is 8. The molecule has 7 nitrogen and oxygen atoms in total. The van der Waals surface area contributed by atoms with Crippen LogP contribution in [0.4, 0.5) is 0 Å². The van der Waals surface area contributed by atoms with Crippen molar-refractivity contribution in [1.29, 1.82) is 0 Å². The molecule has 1 heterocycles. The highest BCUT2D eigenvalue weighted by Gasteiger charge is 2.31. The first kappa shape index (κ1) is 23.6. The molecule has 0 atom stereocenters. The number of ether oxygens (including phenoxy) is 2. The molecule has 31 heavy (non-hydrogen) atoms. The van der Waals surface area contributed by atoms with Crippen LogP contribution in [0.25, 0.3) is 0 Å². The normalized spacial score (nSPS) is 15.5. The Morgan fingerprint density at radius 3 is 2.32 bits per heavy atom. The molecule has 1 aliphatic rings. The van der Waals surface area contributed by atoms with Crippen LogP contribution in [0.5, 0.6) is 11.5 Å². The van der Waals surface area contributed by atoms with Gasteiger partial charge in [-0.2, -0.15) is 4.31 Å². The van der Waals surface area contributed by atoms with Gasteiger partial charge in [0, 0.05) is 30.0 Å². The predicted octanol–water partition coefficient (Wildman–Crippen LogP) is 3.23. The second kappa shape index (κ2) is 10.5. The number of nitrogens with zero attached hydrogens (tertiary/aromatic N) is 1. The van der Waals surface area contributed by atoms with Gasteiger partial charge in [0.05, 0.1) is 19.1 Å². The van der Waals surface area contributed by atoms with Gasteiger partial charge in [0.1, 0.15) is 0 Å². The molecule has 1 aliphatic heterocycles. The Morgan fingerprint density at radius 2 is 1.71 bits per heavy atom. The number of nitrogens with one attached hydrogen (secondary N) is 1. The maximum atomic E-state index is 12.8. The number of carbonyl (C=O) groups excluding carboxylic acids is 1. The number of sulfonamides is 1. The van der Waals surface area contributed by atoms with Crippen LogP contribution in [0.2, 0.25) is 0 Å². The molecule has 1 saturated heterocycles. The summed E-state index contributed by atoms with van der Waals surface area (Å²) in [6.07, 6.45) is 1.69. The zero-order valence-electron chi connectivity index (χ0n) is 17.6. The van der Waals surface area contributed by atoms with Crippen LogP contribution < -0.4 is 14.8 Å². The lowest BCUT2D eigenvalue weighted by molar-refractivity contribution is -0.126. The van der Waals surface area contributed by atoms with E-state index in [4.69, 9.17) is 9.47 Å². The maximum absolute atomic E-state index is 12.8. The summed E-state index contributed by atoms with van der Waals surface area (Å²) in [6.45, 7) is 1.18.